The maximum Gasteiger partial charge on any atom is 0.224 e. The first kappa shape index (κ1) is 21.8. The molecule has 1 aromatic heterocycles. The molecule has 168 valence electrons. The quantitative estimate of drug-likeness (QED) is 0.719. The van der Waals surface area contributed by atoms with Crippen LogP contribution in [0.3, 0.4) is 0 Å². The largest absolute Gasteiger partial charge is 0.439 e. The summed E-state index contributed by atoms with van der Waals surface area (Å²) >= 11 is 0. The highest BCUT2D eigenvalue weighted by Gasteiger charge is 2.30. The van der Waals surface area contributed by atoms with Gasteiger partial charge in [0.05, 0.1) is 6.26 Å². The molecule has 2 aliphatic rings. The van der Waals surface area contributed by atoms with Gasteiger partial charge in [0.2, 0.25) is 15.9 Å². The second-order valence-corrected chi connectivity index (χ2v) is 9.99. The number of anilines is 2. The van der Waals surface area contributed by atoms with E-state index in [0.29, 0.717) is 25.0 Å². The SMILES string of the molecule is CNc1ccc(Oc2cc(N3CCC(N4CCN(S(C)(=O)=O)CC4)CC3)ncn2)cc1. The number of piperidine rings is 1. The van der Waals surface area contributed by atoms with E-state index in [9.17, 15) is 8.42 Å². The van der Waals surface area contributed by atoms with Crippen LogP contribution in [0.4, 0.5) is 11.5 Å². The number of benzene rings is 1. The van der Waals surface area contributed by atoms with Crippen LogP contribution >= 0.6 is 0 Å². The Bertz CT molecular complexity index is 969. The minimum atomic E-state index is -3.09. The maximum absolute atomic E-state index is 11.7. The number of ether oxygens (including phenoxy) is 1. The predicted octanol–water partition coefficient (Wildman–Crippen LogP) is 1.86. The number of hydrogen-bond donors (Lipinski definition) is 1. The predicted molar refractivity (Wildman–Crippen MR) is 121 cm³/mol. The van der Waals surface area contributed by atoms with Crippen molar-refractivity contribution in [3.05, 3.63) is 36.7 Å². The van der Waals surface area contributed by atoms with Gasteiger partial charge in [-0.3, -0.25) is 4.90 Å². The molecule has 3 heterocycles. The third-order valence-electron chi connectivity index (χ3n) is 6.04. The Labute approximate surface area is 184 Å². The molecule has 0 unspecified atom stereocenters. The van der Waals surface area contributed by atoms with Gasteiger partial charge >= 0.3 is 0 Å². The number of hydrogen-bond acceptors (Lipinski definition) is 8. The fourth-order valence-corrected chi connectivity index (χ4v) is 5.06. The summed E-state index contributed by atoms with van der Waals surface area (Å²) in [5, 5.41) is 3.09. The lowest BCUT2D eigenvalue weighted by Crippen LogP contribution is -2.54. The third-order valence-corrected chi connectivity index (χ3v) is 7.34. The highest BCUT2D eigenvalue weighted by Crippen LogP contribution is 2.26. The molecule has 2 aliphatic heterocycles. The van der Waals surface area contributed by atoms with Crippen LogP contribution in [0.15, 0.2) is 36.7 Å². The van der Waals surface area contributed by atoms with Gasteiger partial charge < -0.3 is 15.0 Å². The van der Waals surface area contributed by atoms with Crippen molar-refractivity contribution in [1.82, 2.24) is 19.2 Å². The summed E-state index contributed by atoms with van der Waals surface area (Å²) in [4.78, 5) is 13.4. The van der Waals surface area contributed by atoms with E-state index in [4.69, 9.17) is 4.74 Å². The fraction of sp³-hybridized carbons (Fsp3) is 0.524. The molecule has 31 heavy (non-hydrogen) atoms. The molecule has 0 amide bonds. The van der Waals surface area contributed by atoms with E-state index in [-0.39, 0.29) is 0 Å². The minimum absolute atomic E-state index is 0.487. The van der Waals surface area contributed by atoms with Gasteiger partial charge in [-0.15, -0.1) is 0 Å². The molecular formula is C21H30N6O3S. The summed E-state index contributed by atoms with van der Waals surface area (Å²) in [6.07, 6.45) is 4.90. The molecule has 0 radical (unpaired) electrons. The first-order valence-corrected chi connectivity index (χ1v) is 12.5. The summed E-state index contributed by atoms with van der Waals surface area (Å²) < 4.78 is 30.9. The van der Waals surface area contributed by atoms with E-state index < -0.39 is 10.0 Å². The zero-order valence-electron chi connectivity index (χ0n) is 18.1. The van der Waals surface area contributed by atoms with Crippen molar-refractivity contribution in [3.8, 4) is 11.6 Å². The van der Waals surface area contributed by atoms with Crippen LogP contribution in [-0.4, -0.2) is 86.2 Å². The normalized spacial score (nSPS) is 19.4. The van der Waals surface area contributed by atoms with Crippen LogP contribution in [0.1, 0.15) is 12.8 Å². The number of rotatable bonds is 6. The smallest absolute Gasteiger partial charge is 0.224 e. The monoisotopic (exact) mass is 446 g/mol. The molecule has 1 aromatic carbocycles. The number of piperazine rings is 1. The molecule has 0 bridgehead atoms. The van der Waals surface area contributed by atoms with Crippen molar-refractivity contribution >= 4 is 21.5 Å². The number of nitrogens with zero attached hydrogens (tertiary/aromatic N) is 5. The Morgan fingerprint density at radius 3 is 2.29 bits per heavy atom. The second-order valence-electron chi connectivity index (χ2n) is 8.01. The lowest BCUT2D eigenvalue weighted by Gasteiger charge is -2.42. The van der Waals surface area contributed by atoms with Crippen LogP contribution in [0.5, 0.6) is 11.6 Å². The number of aromatic nitrogens is 2. The van der Waals surface area contributed by atoms with Gasteiger partial charge in [-0.05, 0) is 37.1 Å². The van der Waals surface area contributed by atoms with Crippen LogP contribution in [0.2, 0.25) is 0 Å². The molecule has 2 aromatic rings. The maximum atomic E-state index is 11.7. The molecule has 0 atom stereocenters. The average Bonchev–Trinajstić information content (AvgIpc) is 2.79. The van der Waals surface area contributed by atoms with Crippen LogP contribution in [-0.2, 0) is 10.0 Å². The summed E-state index contributed by atoms with van der Waals surface area (Å²) in [6.45, 7) is 4.58. The van der Waals surface area contributed by atoms with Crippen molar-refractivity contribution in [1.29, 1.82) is 0 Å². The Balaban J connectivity index is 1.31. The molecule has 2 saturated heterocycles. The topological polar surface area (TPSA) is 90.9 Å². The van der Waals surface area contributed by atoms with Crippen LogP contribution in [0, 0.1) is 0 Å². The first-order chi connectivity index (χ1) is 14.9. The molecule has 4 rings (SSSR count). The molecule has 1 N–H and O–H groups in total. The van der Waals surface area contributed by atoms with E-state index in [1.54, 1.807) is 10.6 Å². The Hall–Kier alpha value is -2.43. The summed E-state index contributed by atoms with van der Waals surface area (Å²) in [5.74, 6) is 2.13. The number of nitrogens with one attached hydrogen (secondary N) is 1. The number of sulfonamides is 1. The van der Waals surface area contributed by atoms with Gasteiger partial charge in [0.25, 0.3) is 0 Å². The summed E-state index contributed by atoms with van der Waals surface area (Å²) in [7, 11) is -1.21. The summed E-state index contributed by atoms with van der Waals surface area (Å²) in [6, 6.07) is 10.1. The van der Waals surface area contributed by atoms with Gasteiger partial charge in [-0.2, -0.15) is 4.31 Å². The van der Waals surface area contributed by atoms with Gasteiger partial charge in [0.1, 0.15) is 17.9 Å². The zero-order chi connectivity index (χ0) is 21.8. The van der Waals surface area contributed by atoms with E-state index in [0.717, 1.165) is 56.3 Å². The van der Waals surface area contributed by atoms with E-state index in [2.05, 4.69) is 25.1 Å². The lowest BCUT2D eigenvalue weighted by molar-refractivity contribution is 0.120. The third kappa shape index (κ3) is 5.44. The van der Waals surface area contributed by atoms with Crippen molar-refractivity contribution in [2.24, 2.45) is 0 Å². The zero-order valence-corrected chi connectivity index (χ0v) is 18.9. The van der Waals surface area contributed by atoms with Gasteiger partial charge in [-0.1, -0.05) is 0 Å². The minimum Gasteiger partial charge on any atom is -0.439 e. The van der Waals surface area contributed by atoms with E-state index in [1.807, 2.05) is 37.4 Å². The van der Waals surface area contributed by atoms with Crippen molar-refractivity contribution < 1.29 is 13.2 Å². The second kappa shape index (κ2) is 9.37. The molecule has 10 heteroatoms. The van der Waals surface area contributed by atoms with Gasteiger partial charge in [0, 0.05) is 64.1 Å². The fourth-order valence-electron chi connectivity index (χ4n) is 4.23. The molecule has 0 aliphatic carbocycles. The molecule has 0 spiro atoms. The van der Waals surface area contributed by atoms with Crippen molar-refractivity contribution in [3.63, 3.8) is 0 Å². The Morgan fingerprint density at radius 1 is 1.00 bits per heavy atom. The Morgan fingerprint density at radius 2 is 1.68 bits per heavy atom. The molecule has 0 saturated carbocycles. The molecule has 9 nitrogen and oxygen atoms in total. The van der Waals surface area contributed by atoms with Gasteiger partial charge in [0.15, 0.2) is 0 Å². The lowest BCUT2D eigenvalue weighted by atomic mass is 10.0. The standard InChI is InChI=1S/C21H30N6O3S/c1-22-17-3-5-19(6-4-17)30-21-15-20(23-16-24-21)26-9-7-18(8-10-26)25-11-13-27(14-12-25)31(2,28)29/h3-6,15-16,18,22H,7-14H2,1-2H3. The Kier molecular flexibility index (Phi) is 6.59. The van der Waals surface area contributed by atoms with Crippen LogP contribution < -0.4 is 15.0 Å². The highest BCUT2D eigenvalue weighted by molar-refractivity contribution is 7.88. The summed E-state index contributed by atoms with van der Waals surface area (Å²) in [5.41, 5.74) is 1.02. The van der Waals surface area contributed by atoms with Gasteiger partial charge in [-0.25, -0.2) is 18.4 Å². The average molecular weight is 447 g/mol. The van der Waals surface area contributed by atoms with Crippen molar-refractivity contribution in [2.75, 3.05) is 62.8 Å². The van der Waals surface area contributed by atoms with Crippen LogP contribution in [0.25, 0.3) is 0 Å². The molecular weight excluding hydrogens is 416 g/mol. The highest BCUT2D eigenvalue weighted by atomic mass is 32.2. The van der Waals surface area contributed by atoms with Crippen molar-refractivity contribution in [2.45, 2.75) is 18.9 Å². The first-order valence-electron chi connectivity index (χ1n) is 10.6. The van der Waals surface area contributed by atoms with E-state index in [1.165, 1.54) is 6.26 Å². The van der Waals surface area contributed by atoms with E-state index >= 15 is 0 Å². The molecule has 2 fully saturated rings.